The summed E-state index contributed by atoms with van der Waals surface area (Å²) >= 11 is 0. The largest absolute Gasteiger partial charge is 0.497 e. The second-order valence-electron chi connectivity index (χ2n) is 24.1. The molecule has 1 unspecified atom stereocenters. The number of aliphatic hydroxyl groups is 1. The van der Waals surface area contributed by atoms with Gasteiger partial charge in [-0.3, -0.25) is 0 Å². The molecule has 14 rings (SSSR count). The summed E-state index contributed by atoms with van der Waals surface area (Å²) in [5, 5.41) is 12.1. The highest BCUT2D eigenvalue weighted by Crippen LogP contribution is 2.58. The van der Waals surface area contributed by atoms with E-state index in [-0.39, 0.29) is 0 Å². The van der Waals surface area contributed by atoms with Crippen LogP contribution in [-0.4, -0.2) is 12.2 Å². The van der Waals surface area contributed by atoms with Gasteiger partial charge in [0, 0.05) is 5.56 Å². The Morgan fingerprint density at radius 3 is 1.03 bits per heavy atom. The van der Waals surface area contributed by atoms with Crippen LogP contribution in [0.3, 0.4) is 0 Å². The molecule has 0 saturated heterocycles. The van der Waals surface area contributed by atoms with Crippen molar-refractivity contribution in [3.05, 3.63) is 341 Å². The zero-order chi connectivity index (χ0) is 60.0. The van der Waals surface area contributed by atoms with Gasteiger partial charge in [-0.1, -0.05) is 220 Å². The molecule has 0 bridgehead atoms. The quantitative estimate of drug-likeness (QED) is 0.0985. The first kappa shape index (κ1) is 55.7. The van der Waals surface area contributed by atoms with E-state index in [0.717, 1.165) is 79.7 Å². The van der Waals surface area contributed by atoms with Crippen molar-refractivity contribution in [3.8, 4) is 84.8 Å². The lowest BCUT2D eigenvalue weighted by Gasteiger charge is -2.34. The van der Waals surface area contributed by atoms with E-state index in [0.29, 0.717) is 23.8 Å². The third-order valence-electron chi connectivity index (χ3n) is 18.2. The summed E-state index contributed by atoms with van der Waals surface area (Å²) in [6, 6.07) is 100. The zero-order valence-electron chi connectivity index (χ0n) is 50.2. The molecule has 0 fully saturated rings. The minimum Gasteiger partial charge on any atom is -0.497 e. The summed E-state index contributed by atoms with van der Waals surface area (Å²) in [5.41, 5.74) is 18.5. The molecule has 12 aromatic carbocycles. The lowest BCUT2D eigenvalue weighted by molar-refractivity contribution is 0.0401. The summed E-state index contributed by atoms with van der Waals surface area (Å²) in [4.78, 5) is 0. The SMILES string of the molecule is COc1ccc(C2(c3ccc(Oc4ccc(-c5ccc(Oc6ccc(C7(c8ccc(Oc9ccc(-c%10ccc(C)cc%10)cc9C(C)(O)CCC(C)C)cc8)c8ccccc8-c8ccccc87)cc6)cc5)cc4)cc3)c3ccccc3-c3ccccc32)cc1. The highest BCUT2D eigenvalue weighted by molar-refractivity contribution is 5.88. The molecule has 0 amide bonds. The average Bonchev–Trinajstić information content (AvgIpc) is 1.55. The Morgan fingerprint density at radius 2 is 0.670 bits per heavy atom. The molecule has 0 aliphatic heterocycles. The van der Waals surface area contributed by atoms with Crippen LogP contribution in [0.1, 0.15) is 89.2 Å². The molecular weight excluding hydrogens is 1080 g/mol. The van der Waals surface area contributed by atoms with E-state index in [4.69, 9.17) is 18.9 Å². The topological polar surface area (TPSA) is 57.2 Å². The van der Waals surface area contributed by atoms with E-state index < -0.39 is 16.4 Å². The van der Waals surface area contributed by atoms with Gasteiger partial charge in [-0.25, -0.2) is 0 Å². The number of hydrogen-bond acceptors (Lipinski definition) is 5. The summed E-state index contributed by atoms with van der Waals surface area (Å²) < 4.78 is 25.5. The minimum atomic E-state index is -1.10. The van der Waals surface area contributed by atoms with Gasteiger partial charge in [-0.15, -0.1) is 0 Å². The van der Waals surface area contributed by atoms with Crippen LogP contribution in [0.25, 0.3) is 44.5 Å². The first-order valence-electron chi connectivity index (χ1n) is 30.5. The van der Waals surface area contributed by atoms with Crippen LogP contribution in [0.15, 0.2) is 285 Å². The van der Waals surface area contributed by atoms with Crippen LogP contribution in [0.4, 0.5) is 0 Å². The van der Waals surface area contributed by atoms with E-state index >= 15 is 0 Å². The van der Waals surface area contributed by atoms with Crippen LogP contribution in [0.2, 0.25) is 0 Å². The molecule has 0 aromatic heterocycles. The summed E-state index contributed by atoms with van der Waals surface area (Å²) in [6.07, 6.45) is 1.50. The fourth-order valence-corrected chi connectivity index (χ4v) is 13.7. The first-order chi connectivity index (χ1) is 43.0. The van der Waals surface area contributed by atoms with E-state index in [9.17, 15) is 5.11 Å². The number of rotatable bonds is 17. The maximum atomic E-state index is 12.1. The van der Waals surface area contributed by atoms with Gasteiger partial charge in [0.2, 0.25) is 0 Å². The van der Waals surface area contributed by atoms with E-state index in [1.165, 1.54) is 55.6 Å². The van der Waals surface area contributed by atoms with Gasteiger partial charge >= 0.3 is 0 Å². The maximum Gasteiger partial charge on any atom is 0.133 e. The Labute approximate surface area is 516 Å². The molecule has 0 radical (unpaired) electrons. The zero-order valence-corrected chi connectivity index (χ0v) is 50.2. The predicted molar refractivity (Wildman–Crippen MR) is 356 cm³/mol. The van der Waals surface area contributed by atoms with Crippen LogP contribution >= 0.6 is 0 Å². The first-order valence-corrected chi connectivity index (χ1v) is 30.5. The number of methoxy groups -OCH3 is 1. The lowest BCUT2D eigenvalue weighted by atomic mass is 9.68. The Morgan fingerprint density at radius 1 is 0.364 bits per heavy atom. The Hall–Kier alpha value is -10.2. The van der Waals surface area contributed by atoms with Crippen LogP contribution in [0.5, 0.6) is 40.2 Å². The number of aryl methyl sites for hydroxylation is 1. The van der Waals surface area contributed by atoms with Gasteiger partial charge in [-0.05, 0) is 207 Å². The number of fused-ring (bicyclic) bond motifs is 6. The molecule has 0 heterocycles. The van der Waals surface area contributed by atoms with Gasteiger partial charge < -0.3 is 24.1 Å². The van der Waals surface area contributed by atoms with Crippen molar-refractivity contribution >= 4 is 0 Å². The molecule has 12 aromatic rings. The fraction of sp³-hybridized carbons (Fsp3) is 0.133. The van der Waals surface area contributed by atoms with Crippen molar-refractivity contribution in [1.29, 1.82) is 0 Å². The molecule has 430 valence electrons. The molecule has 1 N–H and O–H groups in total. The van der Waals surface area contributed by atoms with Crippen LogP contribution < -0.4 is 18.9 Å². The molecule has 0 saturated carbocycles. The highest BCUT2D eigenvalue weighted by Gasteiger charge is 2.47. The number of ether oxygens (including phenoxy) is 4. The Bertz CT molecular complexity index is 4370. The third kappa shape index (κ3) is 9.92. The van der Waals surface area contributed by atoms with Gasteiger partial charge in [0.15, 0.2) is 0 Å². The van der Waals surface area contributed by atoms with Crippen LogP contribution in [-0.2, 0) is 16.4 Å². The molecule has 0 spiro atoms. The Kier molecular flexibility index (Phi) is 14.5. The second kappa shape index (κ2) is 22.9. The van der Waals surface area contributed by atoms with Crippen molar-refractivity contribution < 1.29 is 24.1 Å². The van der Waals surface area contributed by atoms with Crippen LogP contribution in [0, 0.1) is 12.8 Å². The second-order valence-corrected chi connectivity index (χ2v) is 24.1. The maximum absolute atomic E-state index is 12.1. The molecule has 5 nitrogen and oxygen atoms in total. The lowest BCUT2D eigenvalue weighted by Crippen LogP contribution is -2.28. The molecule has 5 heteroatoms. The molecular formula is C83H68O5. The summed E-state index contributed by atoms with van der Waals surface area (Å²) in [6.45, 7) is 8.40. The highest BCUT2D eigenvalue weighted by atomic mass is 16.5. The van der Waals surface area contributed by atoms with Crippen molar-refractivity contribution in [1.82, 2.24) is 0 Å². The average molecular weight is 1150 g/mol. The fourth-order valence-electron chi connectivity index (χ4n) is 13.7. The van der Waals surface area contributed by atoms with Crippen molar-refractivity contribution in [2.24, 2.45) is 5.92 Å². The van der Waals surface area contributed by atoms with E-state index in [2.05, 4.69) is 276 Å². The van der Waals surface area contributed by atoms with Gasteiger partial charge in [-0.2, -0.15) is 0 Å². The monoisotopic (exact) mass is 1140 g/mol. The van der Waals surface area contributed by atoms with Crippen molar-refractivity contribution in [2.75, 3.05) is 7.11 Å². The van der Waals surface area contributed by atoms with Gasteiger partial charge in [0.25, 0.3) is 0 Å². The van der Waals surface area contributed by atoms with Gasteiger partial charge in [0.1, 0.15) is 40.2 Å². The van der Waals surface area contributed by atoms with Crippen molar-refractivity contribution in [2.45, 2.75) is 57.0 Å². The molecule has 88 heavy (non-hydrogen) atoms. The van der Waals surface area contributed by atoms with Crippen molar-refractivity contribution in [3.63, 3.8) is 0 Å². The normalized spacial score (nSPS) is 13.8. The number of hydrogen-bond donors (Lipinski definition) is 1. The Balaban J connectivity index is 0.696. The smallest absolute Gasteiger partial charge is 0.133 e. The molecule has 2 aliphatic rings. The standard InChI is InChI=1S/C83H68O5/c1-55(2)52-53-81(4,84)79-54-60(59-24-22-56(3)23-25-59)30-51-80(79)88-70-49-37-64(38-50-70)83(77-20-12-8-16-73(77)74-17-9-13-21-78(74)83)63-35-47-69(48-36-63)87-67-41-28-58(29-42-67)57-26-39-66(40-27-57)86-68-45-33-62(34-46-68)82(61-31-43-65(85-5)44-32-61)75-18-10-6-14-71(75)72-15-7-11-19-76(72)82/h6-51,54-55,84H,52-53H2,1-5H3. The van der Waals surface area contributed by atoms with E-state index in [1.807, 2.05) is 37.3 Å². The predicted octanol–water partition coefficient (Wildman–Crippen LogP) is 21.1. The van der Waals surface area contributed by atoms with Gasteiger partial charge in [0.05, 0.1) is 23.5 Å². The number of benzene rings is 12. The van der Waals surface area contributed by atoms with E-state index in [1.54, 1.807) is 7.11 Å². The third-order valence-corrected chi connectivity index (χ3v) is 18.2. The summed E-state index contributed by atoms with van der Waals surface area (Å²) in [7, 11) is 1.71. The molecule has 2 aliphatic carbocycles. The minimum absolute atomic E-state index is 0.448. The molecule has 1 atom stereocenters. The summed E-state index contributed by atoms with van der Waals surface area (Å²) in [5.74, 6) is 5.62.